The van der Waals surface area contributed by atoms with E-state index in [0.717, 1.165) is 27.8 Å². The normalized spacial score (nSPS) is 14.3. The fourth-order valence-corrected chi connectivity index (χ4v) is 5.31. The number of nitrogens with one attached hydrogen (secondary N) is 2. The van der Waals surface area contributed by atoms with E-state index < -0.39 is 0 Å². The van der Waals surface area contributed by atoms with Crippen molar-refractivity contribution in [2.24, 2.45) is 0 Å². The Balaban J connectivity index is 1.46. The van der Waals surface area contributed by atoms with Gasteiger partial charge in [-0.1, -0.05) is 11.3 Å². The van der Waals surface area contributed by atoms with Crippen LogP contribution in [0.25, 0.3) is 9.53 Å². The molecular formula is C19H20N4O2S2. The van der Waals surface area contributed by atoms with Crippen LogP contribution in [0.1, 0.15) is 39.3 Å². The highest BCUT2D eigenvalue weighted by Crippen LogP contribution is 2.36. The summed E-state index contributed by atoms with van der Waals surface area (Å²) >= 11 is 3.14. The molecule has 1 saturated heterocycles. The largest absolute Gasteiger partial charge is 0.355 e. The lowest BCUT2D eigenvalue weighted by molar-refractivity contribution is 0.0962. The highest BCUT2D eigenvalue weighted by molar-refractivity contribution is 7.40. The van der Waals surface area contributed by atoms with Crippen LogP contribution in [-0.2, 0) is 0 Å². The van der Waals surface area contributed by atoms with Crippen LogP contribution >= 0.6 is 22.7 Å². The maximum absolute atomic E-state index is 12.5. The number of fused-ring (bicyclic) bond motifs is 1. The number of carbonyl (C=O) groups is 2. The van der Waals surface area contributed by atoms with Crippen LogP contribution in [-0.4, -0.2) is 36.9 Å². The standard InChI is InChI=1S/C19H20N4O2S2/c1-20-16(24)12-5-7-13(8-6-12)21-17(25)15-11-14-18(26-15)27-19(22-14)23-9-3-2-4-10-23/h5-8,11H,2-4,9-10H2,1H3,(H,20,24)(H,21,25). The molecule has 4 rings (SSSR count). The van der Waals surface area contributed by atoms with Crippen molar-refractivity contribution < 1.29 is 9.59 Å². The SMILES string of the molecule is CNC(=O)c1ccc(NC(=O)c2cc3nc(N4CCCCC4)sc3s2)cc1. The molecule has 0 spiro atoms. The lowest BCUT2D eigenvalue weighted by Gasteiger charge is -2.25. The van der Waals surface area contributed by atoms with Crippen molar-refractivity contribution in [3.63, 3.8) is 0 Å². The van der Waals surface area contributed by atoms with E-state index in [1.807, 2.05) is 6.07 Å². The van der Waals surface area contributed by atoms with E-state index in [1.54, 1.807) is 42.6 Å². The molecule has 0 atom stereocenters. The molecule has 27 heavy (non-hydrogen) atoms. The van der Waals surface area contributed by atoms with Gasteiger partial charge in [0, 0.05) is 31.4 Å². The van der Waals surface area contributed by atoms with Gasteiger partial charge in [0.05, 0.1) is 10.4 Å². The zero-order chi connectivity index (χ0) is 18.8. The van der Waals surface area contributed by atoms with Crippen LogP contribution in [0, 0.1) is 0 Å². The predicted octanol–water partition coefficient (Wildman–Crippen LogP) is 3.96. The van der Waals surface area contributed by atoms with Gasteiger partial charge in [-0.2, -0.15) is 0 Å². The zero-order valence-electron chi connectivity index (χ0n) is 14.9. The molecule has 3 heterocycles. The van der Waals surface area contributed by atoms with Crippen molar-refractivity contribution in [2.75, 3.05) is 30.4 Å². The number of piperidine rings is 1. The summed E-state index contributed by atoms with van der Waals surface area (Å²) in [6, 6.07) is 8.69. The van der Waals surface area contributed by atoms with Crippen LogP contribution in [0.15, 0.2) is 30.3 Å². The summed E-state index contributed by atoms with van der Waals surface area (Å²) < 4.78 is 1.08. The number of thiazole rings is 1. The van der Waals surface area contributed by atoms with Crippen LogP contribution < -0.4 is 15.5 Å². The van der Waals surface area contributed by atoms with Gasteiger partial charge in [-0.25, -0.2) is 4.98 Å². The molecule has 6 nitrogen and oxygen atoms in total. The molecular weight excluding hydrogens is 380 g/mol. The quantitative estimate of drug-likeness (QED) is 0.695. The second kappa shape index (κ2) is 7.66. The summed E-state index contributed by atoms with van der Waals surface area (Å²) in [5.74, 6) is -0.306. The van der Waals surface area contributed by atoms with Gasteiger partial charge in [-0.15, -0.1) is 11.3 Å². The number of aromatic nitrogens is 1. The fraction of sp³-hybridized carbons (Fsp3) is 0.316. The Morgan fingerprint density at radius 3 is 2.44 bits per heavy atom. The zero-order valence-corrected chi connectivity index (χ0v) is 16.6. The summed E-state index contributed by atoms with van der Waals surface area (Å²) in [5, 5.41) is 6.51. The van der Waals surface area contributed by atoms with Gasteiger partial charge in [0.25, 0.3) is 11.8 Å². The average molecular weight is 401 g/mol. The molecule has 3 aromatic rings. The van der Waals surface area contributed by atoms with Crippen molar-refractivity contribution in [3.05, 3.63) is 40.8 Å². The Bertz CT molecular complexity index is 940. The van der Waals surface area contributed by atoms with E-state index in [4.69, 9.17) is 4.98 Å². The number of benzene rings is 1. The van der Waals surface area contributed by atoms with Crippen molar-refractivity contribution in [2.45, 2.75) is 19.3 Å². The molecule has 140 valence electrons. The molecule has 0 saturated carbocycles. The minimum atomic E-state index is -0.155. The third kappa shape index (κ3) is 3.81. The van der Waals surface area contributed by atoms with Crippen molar-refractivity contribution in [3.8, 4) is 0 Å². The van der Waals surface area contributed by atoms with Crippen LogP contribution in [0.4, 0.5) is 10.8 Å². The van der Waals surface area contributed by atoms with Crippen LogP contribution in [0.3, 0.4) is 0 Å². The Labute approximate surface area is 165 Å². The topological polar surface area (TPSA) is 74.3 Å². The first kappa shape index (κ1) is 17.9. The van der Waals surface area contributed by atoms with Gasteiger partial charge in [0.2, 0.25) is 0 Å². The molecule has 0 aliphatic carbocycles. The van der Waals surface area contributed by atoms with E-state index in [-0.39, 0.29) is 11.8 Å². The average Bonchev–Trinajstić information content (AvgIpc) is 3.28. The third-order valence-electron chi connectivity index (χ3n) is 4.56. The first-order chi connectivity index (χ1) is 13.1. The second-order valence-corrected chi connectivity index (χ2v) is 8.73. The lowest BCUT2D eigenvalue weighted by atomic mass is 10.1. The molecule has 2 aromatic heterocycles. The number of amides is 2. The molecule has 0 bridgehead atoms. The van der Waals surface area contributed by atoms with E-state index in [9.17, 15) is 9.59 Å². The van der Waals surface area contributed by atoms with Gasteiger partial charge in [-0.3, -0.25) is 9.59 Å². The molecule has 1 aliphatic rings. The lowest BCUT2D eigenvalue weighted by Crippen LogP contribution is -2.29. The fourth-order valence-electron chi connectivity index (χ4n) is 3.10. The van der Waals surface area contributed by atoms with Gasteiger partial charge < -0.3 is 15.5 Å². The maximum Gasteiger partial charge on any atom is 0.265 e. The van der Waals surface area contributed by atoms with Gasteiger partial charge in [-0.05, 0) is 49.6 Å². The summed E-state index contributed by atoms with van der Waals surface area (Å²) in [6.45, 7) is 2.14. The molecule has 1 fully saturated rings. The highest BCUT2D eigenvalue weighted by atomic mass is 32.2. The van der Waals surface area contributed by atoms with E-state index in [0.29, 0.717) is 16.1 Å². The van der Waals surface area contributed by atoms with Crippen molar-refractivity contribution in [1.29, 1.82) is 0 Å². The Morgan fingerprint density at radius 2 is 1.78 bits per heavy atom. The third-order valence-corrected chi connectivity index (χ3v) is 6.91. The summed E-state index contributed by atoms with van der Waals surface area (Å²) in [7, 11) is 1.59. The number of carbonyl (C=O) groups excluding carboxylic acids is 2. The number of nitrogens with zero attached hydrogens (tertiary/aromatic N) is 2. The Morgan fingerprint density at radius 1 is 1.04 bits per heavy atom. The number of anilines is 2. The molecule has 1 aliphatic heterocycles. The van der Waals surface area contributed by atoms with E-state index in [2.05, 4.69) is 15.5 Å². The number of hydrogen-bond donors (Lipinski definition) is 2. The highest BCUT2D eigenvalue weighted by Gasteiger charge is 2.18. The Hall–Kier alpha value is -2.45. The summed E-state index contributed by atoms with van der Waals surface area (Å²) in [5.41, 5.74) is 2.11. The van der Waals surface area contributed by atoms with E-state index in [1.165, 1.54) is 30.6 Å². The number of hydrogen-bond acceptors (Lipinski definition) is 6. The van der Waals surface area contributed by atoms with E-state index >= 15 is 0 Å². The molecule has 0 unspecified atom stereocenters. The summed E-state index contributed by atoms with van der Waals surface area (Å²) in [6.07, 6.45) is 3.74. The number of rotatable bonds is 4. The first-order valence-corrected chi connectivity index (χ1v) is 10.6. The second-order valence-electron chi connectivity index (χ2n) is 6.44. The van der Waals surface area contributed by atoms with Gasteiger partial charge in [0.1, 0.15) is 4.01 Å². The van der Waals surface area contributed by atoms with Gasteiger partial charge in [0.15, 0.2) is 5.13 Å². The smallest absolute Gasteiger partial charge is 0.265 e. The molecule has 8 heteroatoms. The van der Waals surface area contributed by atoms with Crippen molar-refractivity contribution >= 4 is 54.8 Å². The minimum Gasteiger partial charge on any atom is -0.355 e. The van der Waals surface area contributed by atoms with Crippen LogP contribution in [0.2, 0.25) is 0 Å². The molecule has 2 amide bonds. The molecule has 1 aromatic carbocycles. The maximum atomic E-state index is 12.5. The monoisotopic (exact) mass is 400 g/mol. The number of thiophene rings is 1. The van der Waals surface area contributed by atoms with Crippen molar-refractivity contribution in [1.82, 2.24) is 10.3 Å². The minimum absolute atomic E-state index is 0.151. The molecule has 0 radical (unpaired) electrons. The first-order valence-electron chi connectivity index (χ1n) is 8.93. The Kier molecular flexibility index (Phi) is 5.09. The predicted molar refractivity (Wildman–Crippen MR) is 111 cm³/mol. The van der Waals surface area contributed by atoms with Gasteiger partial charge >= 0.3 is 0 Å². The summed E-state index contributed by atoms with van der Waals surface area (Å²) in [4.78, 5) is 31.8. The molecule has 2 N–H and O–H groups in total. The van der Waals surface area contributed by atoms with Crippen LogP contribution in [0.5, 0.6) is 0 Å².